The monoisotopic (exact) mass is 420 g/mol. The summed E-state index contributed by atoms with van der Waals surface area (Å²) in [6.07, 6.45) is 6.22. The first-order valence-corrected chi connectivity index (χ1v) is 10.8. The van der Waals surface area contributed by atoms with Crippen molar-refractivity contribution < 1.29 is 13.9 Å². The van der Waals surface area contributed by atoms with E-state index in [2.05, 4.69) is 32.3 Å². The molecule has 2 heterocycles. The summed E-state index contributed by atoms with van der Waals surface area (Å²) in [4.78, 5) is 23.4. The molecular weight excluding hydrogens is 392 g/mol. The molecule has 7 nitrogen and oxygen atoms in total. The van der Waals surface area contributed by atoms with E-state index in [1.54, 1.807) is 6.20 Å². The van der Waals surface area contributed by atoms with Crippen molar-refractivity contribution in [2.45, 2.75) is 45.3 Å². The summed E-state index contributed by atoms with van der Waals surface area (Å²) in [7, 11) is 0. The van der Waals surface area contributed by atoms with Crippen LogP contribution in [0.3, 0.4) is 0 Å². The van der Waals surface area contributed by atoms with Gasteiger partial charge in [-0.2, -0.15) is 0 Å². The molecule has 7 heteroatoms. The van der Waals surface area contributed by atoms with Crippen LogP contribution in [0.25, 0.3) is 0 Å². The second kappa shape index (κ2) is 10.2. The Bertz CT molecular complexity index is 968. The van der Waals surface area contributed by atoms with E-state index in [0.717, 1.165) is 18.0 Å². The highest BCUT2D eigenvalue weighted by molar-refractivity contribution is 5.91. The average molecular weight is 421 g/mol. The van der Waals surface area contributed by atoms with Gasteiger partial charge in [0.15, 0.2) is 5.69 Å². The zero-order chi connectivity index (χ0) is 21.5. The van der Waals surface area contributed by atoms with E-state index < -0.39 is 0 Å². The summed E-state index contributed by atoms with van der Waals surface area (Å²) in [5, 5.41) is 2.88. The van der Waals surface area contributed by atoms with Crippen molar-refractivity contribution in [3.05, 3.63) is 77.8 Å². The number of nitrogens with zero attached hydrogens (tertiary/aromatic N) is 3. The molecule has 1 aliphatic carbocycles. The molecule has 0 saturated heterocycles. The van der Waals surface area contributed by atoms with Gasteiger partial charge in [-0.25, -0.2) is 4.98 Å². The van der Waals surface area contributed by atoms with Crippen LogP contribution in [0.15, 0.2) is 59.3 Å². The molecule has 1 fully saturated rings. The molecule has 162 valence electrons. The van der Waals surface area contributed by atoms with Gasteiger partial charge in [0, 0.05) is 37.4 Å². The predicted octanol–water partition coefficient (Wildman–Crippen LogP) is 3.61. The van der Waals surface area contributed by atoms with Crippen LogP contribution in [0.2, 0.25) is 0 Å². The molecular formula is C24H28N4O3. The van der Waals surface area contributed by atoms with Crippen LogP contribution in [0.5, 0.6) is 5.75 Å². The minimum atomic E-state index is -0.226. The van der Waals surface area contributed by atoms with Crippen LogP contribution in [0, 0.1) is 0 Å². The smallest absolute Gasteiger partial charge is 0.273 e. The third-order valence-electron chi connectivity index (χ3n) is 5.20. The number of pyridine rings is 1. The van der Waals surface area contributed by atoms with Crippen molar-refractivity contribution in [1.82, 2.24) is 20.2 Å². The summed E-state index contributed by atoms with van der Waals surface area (Å²) < 4.78 is 11.1. The normalized spacial score (nSPS) is 13.4. The van der Waals surface area contributed by atoms with Crippen molar-refractivity contribution in [3.8, 4) is 5.75 Å². The lowest BCUT2D eigenvalue weighted by Crippen LogP contribution is -2.27. The minimum Gasteiger partial charge on any atom is -0.494 e. The lowest BCUT2D eigenvalue weighted by atomic mass is 10.2. The van der Waals surface area contributed by atoms with Crippen LogP contribution in [-0.2, 0) is 19.5 Å². The van der Waals surface area contributed by atoms with Crippen molar-refractivity contribution in [2.24, 2.45) is 0 Å². The van der Waals surface area contributed by atoms with Gasteiger partial charge in [0.05, 0.1) is 13.2 Å². The Morgan fingerprint density at radius 2 is 2.03 bits per heavy atom. The van der Waals surface area contributed by atoms with Gasteiger partial charge in [-0.3, -0.25) is 14.7 Å². The fourth-order valence-electron chi connectivity index (χ4n) is 3.45. The van der Waals surface area contributed by atoms with Crippen LogP contribution in [-0.4, -0.2) is 40.0 Å². The molecule has 0 atom stereocenters. The molecule has 4 rings (SSSR count). The second-order valence-electron chi connectivity index (χ2n) is 7.67. The molecule has 1 aliphatic rings. The quantitative estimate of drug-likeness (QED) is 0.510. The Kier molecular flexibility index (Phi) is 6.94. The summed E-state index contributed by atoms with van der Waals surface area (Å²) in [6.45, 7) is 4.54. The second-order valence-corrected chi connectivity index (χ2v) is 7.67. The largest absolute Gasteiger partial charge is 0.494 e. The molecule has 1 N–H and O–H groups in total. The zero-order valence-corrected chi connectivity index (χ0v) is 17.8. The molecule has 1 aromatic carbocycles. The van der Waals surface area contributed by atoms with Crippen molar-refractivity contribution >= 4 is 5.91 Å². The van der Waals surface area contributed by atoms with Gasteiger partial charge in [-0.15, -0.1) is 0 Å². The molecule has 31 heavy (non-hydrogen) atoms. The Morgan fingerprint density at radius 1 is 1.19 bits per heavy atom. The Labute approximate surface area is 182 Å². The van der Waals surface area contributed by atoms with Crippen molar-refractivity contribution in [2.75, 3.05) is 13.2 Å². The standard InChI is InChI=1S/C24H28N4O3/c1-2-30-21-10-6-18(7-11-21)15-28(20-8-9-20)16-23-27-22(17-31-23)24(29)26-14-12-19-5-3-4-13-25-19/h3-7,10-11,13,17,20H,2,8-9,12,14-16H2,1H3,(H,26,29). The summed E-state index contributed by atoms with van der Waals surface area (Å²) in [6, 6.07) is 14.5. The van der Waals surface area contributed by atoms with Crippen LogP contribution < -0.4 is 10.1 Å². The van der Waals surface area contributed by atoms with E-state index in [1.807, 2.05) is 37.3 Å². The van der Waals surface area contributed by atoms with Crippen LogP contribution in [0.1, 0.15) is 47.4 Å². The molecule has 0 bridgehead atoms. The highest BCUT2D eigenvalue weighted by atomic mass is 16.5. The molecule has 0 aliphatic heterocycles. The predicted molar refractivity (Wildman–Crippen MR) is 117 cm³/mol. The fraction of sp³-hybridized carbons (Fsp3) is 0.375. The topological polar surface area (TPSA) is 80.5 Å². The fourth-order valence-corrected chi connectivity index (χ4v) is 3.45. The lowest BCUT2D eigenvalue weighted by Gasteiger charge is -2.20. The molecule has 3 aromatic rings. The molecule has 0 unspecified atom stereocenters. The van der Waals surface area contributed by atoms with Crippen molar-refractivity contribution in [3.63, 3.8) is 0 Å². The van der Waals surface area contributed by atoms with E-state index in [9.17, 15) is 4.79 Å². The van der Waals surface area contributed by atoms with Crippen LogP contribution in [0.4, 0.5) is 0 Å². The van der Waals surface area contributed by atoms with Gasteiger partial charge in [0.25, 0.3) is 5.91 Å². The van der Waals surface area contributed by atoms with Gasteiger partial charge in [-0.05, 0) is 49.6 Å². The molecule has 1 amide bonds. The minimum absolute atomic E-state index is 0.226. The number of hydrogen-bond acceptors (Lipinski definition) is 6. The summed E-state index contributed by atoms with van der Waals surface area (Å²) in [5.74, 6) is 1.22. The number of oxazole rings is 1. The van der Waals surface area contributed by atoms with Gasteiger partial charge in [0.2, 0.25) is 5.89 Å². The number of benzene rings is 1. The van der Waals surface area contributed by atoms with Gasteiger partial charge in [-0.1, -0.05) is 18.2 Å². The first-order valence-electron chi connectivity index (χ1n) is 10.8. The lowest BCUT2D eigenvalue weighted by molar-refractivity contribution is 0.0949. The molecule has 0 spiro atoms. The third kappa shape index (κ3) is 6.15. The van der Waals surface area contributed by atoms with Gasteiger partial charge < -0.3 is 14.5 Å². The molecule has 0 radical (unpaired) electrons. The Morgan fingerprint density at radius 3 is 2.74 bits per heavy atom. The number of carbonyl (C=O) groups excluding carboxylic acids is 1. The van der Waals surface area contributed by atoms with Gasteiger partial charge >= 0.3 is 0 Å². The average Bonchev–Trinajstić information content (AvgIpc) is 3.54. The number of hydrogen-bond donors (Lipinski definition) is 1. The first-order chi connectivity index (χ1) is 15.2. The van der Waals surface area contributed by atoms with E-state index in [1.165, 1.54) is 24.7 Å². The van der Waals surface area contributed by atoms with E-state index in [4.69, 9.17) is 9.15 Å². The highest BCUT2D eigenvalue weighted by Crippen LogP contribution is 2.30. The third-order valence-corrected chi connectivity index (χ3v) is 5.20. The molecule has 2 aromatic heterocycles. The maximum atomic E-state index is 12.4. The van der Waals surface area contributed by atoms with Gasteiger partial charge in [0.1, 0.15) is 12.0 Å². The van der Waals surface area contributed by atoms with E-state index in [-0.39, 0.29) is 5.91 Å². The number of amides is 1. The zero-order valence-electron chi connectivity index (χ0n) is 17.8. The number of ether oxygens (including phenoxy) is 1. The van der Waals surface area contributed by atoms with E-state index in [0.29, 0.717) is 43.7 Å². The van der Waals surface area contributed by atoms with E-state index >= 15 is 0 Å². The maximum Gasteiger partial charge on any atom is 0.273 e. The SMILES string of the molecule is CCOc1ccc(CN(Cc2nc(C(=O)NCCc3ccccn3)co2)C2CC2)cc1. The van der Waals surface area contributed by atoms with Crippen LogP contribution >= 0.6 is 0 Å². The maximum absolute atomic E-state index is 12.4. The summed E-state index contributed by atoms with van der Waals surface area (Å²) in [5.41, 5.74) is 2.47. The Hall–Kier alpha value is -3.19. The number of aromatic nitrogens is 2. The summed E-state index contributed by atoms with van der Waals surface area (Å²) >= 11 is 0. The van der Waals surface area contributed by atoms with Crippen molar-refractivity contribution in [1.29, 1.82) is 0 Å². The highest BCUT2D eigenvalue weighted by Gasteiger charge is 2.30. The first kappa shape index (κ1) is 21.1. The number of carbonyl (C=O) groups is 1. The Balaban J connectivity index is 1.30. The number of rotatable bonds is 11. The molecule has 1 saturated carbocycles. The number of nitrogens with one attached hydrogen (secondary N) is 1.